The monoisotopic (exact) mass is 417 g/mol. The first-order chi connectivity index (χ1) is 13.4. The third-order valence-electron chi connectivity index (χ3n) is 4.21. The average molecular weight is 418 g/mol. The van der Waals surface area contributed by atoms with E-state index in [1.807, 2.05) is 50.2 Å². The van der Waals surface area contributed by atoms with Crippen LogP contribution in [0, 0.1) is 6.92 Å². The predicted molar refractivity (Wildman–Crippen MR) is 113 cm³/mol. The molecule has 146 valence electrons. The minimum absolute atomic E-state index is 0.159. The Bertz CT molecular complexity index is 1030. The fourth-order valence-corrected chi connectivity index (χ4v) is 4.21. The van der Waals surface area contributed by atoms with Crippen molar-refractivity contribution >= 4 is 52.0 Å². The molecule has 0 spiro atoms. The summed E-state index contributed by atoms with van der Waals surface area (Å²) in [6.07, 6.45) is 0. The molecule has 0 saturated heterocycles. The summed E-state index contributed by atoms with van der Waals surface area (Å²) in [6, 6.07) is 12.6. The third kappa shape index (κ3) is 4.26. The van der Waals surface area contributed by atoms with Crippen molar-refractivity contribution in [2.45, 2.75) is 30.2 Å². The van der Waals surface area contributed by atoms with Crippen LogP contribution >= 0.6 is 23.4 Å². The van der Waals surface area contributed by atoms with Gasteiger partial charge in [-0.05, 0) is 50.2 Å². The normalized spacial score (nSPS) is 10.8. The number of aliphatic carboxylic acids is 1. The minimum atomic E-state index is -0.926. The van der Waals surface area contributed by atoms with Gasteiger partial charge in [-0.25, -0.2) is 4.79 Å². The number of rotatable bonds is 6. The van der Waals surface area contributed by atoms with Gasteiger partial charge in [-0.3, -0.25) is 4.79 Å². The van der Waals surface area contributed by atoms with E-state index in [2.05, 4.69) is 10.6 Å². The van der Waals surface area contributed by atoms with Gasteiger partial charge in [-0.15, -0.1) is 0 Å². The first-order valence-corrected chi connectivity index (χ1v) is 9.92. The van der Waals surface area contributed by atoms with Gasteiger partial charge in [0.05, 0.1) is 11.2 Å². The van der Waals surface area contributed by atoms with Gasteiger partial charge >= 0.3 is 12.0 Å². The van der Waals surface area contributed by atoms with E-state index in [0.29, 0.717) is 17.3 Å². The van der Waals surface area contributed by atoms with Crippen molar-refractivity contribution in [3.63, 3.8) is 0 Å². The summed E-state index contributed by atoms with van der Waals surface area (Å²) < 4.78 is 1.75. The lowest BCUT2D eigenvalue weighted by atomic mass is 10.2. The lowest BCUT2D eigenvalue weighted by molar-refractivity contribution is -0.137. The number of anilines is 1. The molecule has 0 aliphatic rings. The molecule has 3 aromatic rings. The van der Waals surface area contributed by atoms with Gasteiger partial charge in [0, 0.05) is 32.4 Å². The van der Waals surface area contributed by atoms with Gasteiger partial charge < -0.3 is 20.3 Å². The molecule has 0 saturated carbocycles. The molecular weight excluding hydrogens is 398 g/mol. The van der Waals surface area contributed by atoms with Crippen molar-refractivity contribution in [2.24, 2.45) is 0 Å². The van der Waals surface area contributed by atoms with Gasteiger partial charge in [0.1, 0.15) is 6.54 Å². The van der Waals surface area contributed by atoms with E-state index in [4.69, 9.17) is 11.6 Å². The Balaban J connectivity index is 2.15. The zero-order valence-corrected chi connectivity index (χ0v) is 17.0. The molecule has 3 N–H and O–H groups in total. The summed E-state index contributed by atoms with van der Waals surface area (Å²) in [7, 11) is 0. The summed E-state index contributed by atoms with van der Waals surface area (Å²) in [6.45, 7) is 4.08. The average Bonchev–Trinajstić information content (AvgIpc) is 2.90. The second-order valence-electron chi connectivity index (χ2n) is 6.13. The van der Waals surface area contributed by atoms with Crippen molar-refractivity contribution < 1.29 is 14.7 Å². The van der Waals surface area contributed by atoms with Crippen LogP contribution in [0.15, 0.2) is 52.3 Å². The molecule has 2 aromatic carbocycles. The van der Waals surface area contributed by atoms with Gasteiger partial charge in [0.15, 0.2) is 0 Å². The summed E-state index contributed by atoms with van der Waals surface area (Å²) in [5.41, 5.74) is 2.21. The largest absolute Gasteiger partial charge is 0.480 e. The molecule has 2 amide bonds. The fraction of sp³-hybridized carbons (Fsp3) is 0.200. The summed E-state index contributed by atoms with van der Waals surface area (Å²) >= 11 is 7.49. The van der Waals surface area contributed by atoms with Crippen LogP contribution in [-0.2, 0) is 11.3 Å². The number of nitrogens with one attached hydrogen (secondary N) is 2. The maximum absolute atomic E-state index is 12.1. The summed E-state index contributed by atoms with van der Waals surface area (Å²) in [5.74, 6) is -0.926. The molecule has 0 aliphatic carbocycles. The van der Waals surface area contributed by atoms with Crippen LogP contribution in [0.25, 0.3) is 10.9 Å². The third-order valence-corrected chi connectivity index (χ3v) is 5.67. The molecule has 1 heterocycles. The molecular formula is C20H20ClN3O3S. The first-order valence-electron chi connectivity index (χ1n) is 8.72. The highest BCUT2D eigenvalue weighted by Gasteiger charge is 2.20. The number of urea groups is 1. The van der Waals surface area contributed by atoms with E-state index in [1.54, 1.807) is 10.6 Å². The Morgan fingerprint density at radius 3 is 2.54 bits per heavy atom. The molecule has 6 nitrogen and oxygen atoms in total. The number of amides is 2. The number of carboxylic acids is 1. The highest BCUT2D eigenvalue weighted by molar-refractivity contribution is 7.99. The van der Waals surface area contributed by atoms with Crippen LogP contribution in [0.1, 0.15) is 12.6 Å². The predicted octanol–water partition coefficient (Wildman–Crippen LogP) is 4.98. The molecule has 0 unspecified atom stereocenters. The highest BCUT2D eigenvalue weighted by Crippen LogP contribution is 2.41. The van der Waals surface area contributed by atoms with Crippen LogP contribution in [-0.4, -0.2) is 28.2 Å². The molecule has 1 aromatic heterocycles. The van der Waals surface area contributed by atoms with E-state index in [-0.39, 0.29) is 12.6 Å². The number of halogens is 1. The number of carboxylic acid groups (broad SMARTS) is 1. The maximum Gasteiger partial charge on any atom is 0.323 e. The number of benzene rings is 2. The van der Waals surface area contributed by atoms with E-state index >= 15 is 0 Å². The second-order valence-corrected chi connectivity index (χ2v) is 7.65. The van der Waals surface area contributed by atoms with Crippen molar-refractivity contribution in [3.8, 4) is 0 Å². The van der Waals surface area contributed by atoms with E-state index < -0.39 is 5.97 Å². The topological polar surface area (TPSA) is 83.4 Å². The van der Waals surface area contributed by atoms with Gasteiger partial charge in [-0.2, -0.15) is 0 Å². The summed E-state index contributed by atoms with van der Waals surface area (Å²) in [4.78, 5) is 25.3. The highest BCUT2D eigenvalue weighted by atomic mass is 35.5. The molecule has 0 aliphatic heterocycles. The van der Waals surface area contributed by atoms with Crippen LogP contribution in [0.5, 0.6) is 0 Å². The molecule has 0 atom stereocenters. The zero-order valence-electron chi connectivity index (χ0n) is 15.5. The van der Waals surface area contributed by atoms with Gasteiger partial charge in [0.25, 0.3) is 0 Å². The molecule has 0 radical (unpaired) electrons. The van der Waals surface area contributed by atoms with Crippen LogP contribution < -0.4 is 10.6 Å². The quantitative estimate of drug-likeness (QED) is 0.528. The maximum atomic E-state index is 12.1. The Labute approximate surface area is 171 Å². The number of nitrogens with zero attached hydrogens (tertiary/aromatic N) is 1. The van der Waals surface area contributed by atoms with Crippen LogP contribution in [0.3, 0.4) is 0 Å². The number of aromatic nitrogens is 1. The van der Waals surface area contributed by atoms with E-state index in [0.717, 1.165) is 26.4 Å². The second kappa shape index (κ2) is 8.58. The number of carbonyl (C=O) groups is 2. The van der Waals surface area contributed by atoms with Crippen LogP contribution in [0.4, 0.5) is 10.5 Å². The number of fused-ring (bicyclic) bond motifs is 1. The standard InChI is InChI=1S/C20H20ClN3O3S/c1-3-22-20(27)23-15-5-4-6-16-18(15)19(12(2)24(16)11-17(25)26)28-14-9-7-13(21)8-10-14/h4-10H,3,11H2,1-2H3,(H,25,26)(H2,22,23,27). The Morgan fingerprint density at radius 2 is 1.89 bits per heavy atom. The molecule has 8 heteroatoms. The lowest BCUT2D eigenvalue weighted by Gasteiger charge is -2.09. The molecule has 0 fully saturated rings. The smallest absolute Gasteiger partial charge is 0.323 e. The van der Waals surface area contributed by atoms with Crippen molar-refractivity contribution in [1.29, 1.82) is 0 Å². The van der Waals surface area contributed by atoms with Gasteiger partial charge in [0.2, 0.25) is 0 Å². The lowest BCUT2D eigenvalue weighted by Crippen LogP contribution is -2.28. The Hall–Kier alpha value is -2.64. The summed E-state index contributed by atoms with van der Waals surface area (Å²) in [5, 5.41) is 16.4. The SMILES string of the molecule is CCNC(=O)Nc1cccc2c1c(Sc1ccc(Cl)cc1)c(C)n2CC(=O)O. The van der Waals surface area contributed by atoms with Crippen molar-refractivity contribution in [1.82, 2.24) is 9.88 Å². The van der Waals surface area contributed by atoms with Crippen molar-refractivity contribution in [3.05, 3.63) is 53.2 Å². The first kappa shape index (κ1) is 20.1. The zero-order chi connectivity index (χ0) is 20.3. The Morgan fingerprint density at radius 1 is 1.18 bits per heavy atom. The molecule has 28 heavy (non-hydrogen) atoms. The fourth-order valence-electron chi connectivity index (χ4n) is 3.00. The van der Waals surface area contributed by atoms with Gasteiger partial charge in [-0.1, -0.05) is 29.4 Å². The van der Waals surface area contributed by atoms with Crippen LogP contribution in [0.2, 0.25) is 5.02 Å². The van der Waals surface area contributed by atoms with E-state index in [1.165, 1.54) is 11.8 Å². The Kier molecular flexibility index (Phi) is 6.16. The molecule has 0 bridgehead atoms. The minimum Gasteiger partial charge on any atom is -0.480 e. The number of hydrogen-bond donors (Lipinski definition) is 3. The van der Waals surface area contributed by atoms with Crippen molar-refractivity contribution in [2.75, 3.05) is 11.9 Å². The number of hydrogen-bond acceptors (Lipinski definition) is 3. The number of carbonyl (C=O) groups excluding carboxylic acids is 1. The van der Waals surface area contributed by atoms with E-state index in [9.17, 15) is 14.7 Å². The molecule has 3 rings (SSSR count).